The highest BCUT2D eigenvalue weighted by atomic mass is 19.3. The lowest BCUT2D eigenvalue weighted by Crippen LogP contribution is -2.41. The molecule has 2 atom stereocenters. The van der Waals surface area contributed by atoms with Crippen molar-refractivity contribution in [3.63, 3.8) is 0 Å². The van der Waals surface area contributed by atoms with Crippen molar-refractivity contribution in [2.24, 2.45) is 5.41 Å². The van der Waals surface area contributed by atoms with Gasteiger partial charge >= 0.3 is 0 Å². The minimum absolute atomic E-state index is 0.164. The largest absolute Gasteiger partial charge is 0.307 e. The summed E-state index contributed by atoms with van der Waals surface area (Å²) in [4.78, 5) is 0. The Kier molecular flexibility index (Phi) is 2.61. The number of halogens is 4. The van der Waals surface area contributed by atoms with E-state index in [2.05, 4.69) is 5.32 Å². The second-order valence-electron chi connectivity index (χ2n) is 4.72. The number of hydrogen-bond donors (Lipinski definition) is 1. The van der Waals surface area contributed by atoms with Gasteiger partial charge in [-0.3, -0.25) is 0 Å². The summed E-state index contributed by atoms with van der Waals surface area (Å²) in [6, 6.07) is -0.724. The van der Waals surface area contributed by atoms with Gasteiger partial charge in [0.1, 0.15) is 11.7 Å². The molecular weight excluding hydrogens is 222 g/mol. The maximum atomic E-state index is 13.7. The van der Waals surface area contributed by atoms with Crippen LogP contribution in [0.3, 0.4) is 0 Å². The highest BCUT2D eigenvalue weighted by Crippen LogP contribution is 2.46. The minimum atomic E-state index is -2.83. The normalized spacial score (nSPS) is 38.2. The van der Waals surface area contributed by atoms with Gasteiger partial charge in [0.25, 0.3) is 5.92 Å². The molecule has 1 N–H and O–H groups in total. The molecule has 1 aliphatic heterocycles. The van der Waals surface area contributed by atoms with E-state index < -0.39 is 42.0 Å². The molecule has 90 valence electrons. The van der Waals surface area contributed by atoms with Crippen LogP contribution in [0.25, 0.3) is 0 Å². The average molecular weight is 235 g/mol. The summed E-state index contributed by atoms with van der Waals surface area (Å²) in [6.07, 6.45) is 1.46. The van der Waals surface area contributed by atoms with Crippen molar-refractivity contribution in [1.29, 1.82) is 0 Å². The van der Waals surface area contributed by atoms with Crippen molar-refractivity contribution in [2.75, 3.05) is 6.54 Å². The van der Waals surface area contributed by atoms with Crippen molar-refractivity contribution in [3.05, 3.63) is 23.8 Å². The first-order chi connectivity index (χ1) is 7.33. The fraction of sp³-hybridized carbons (Fsp3) is 0.636. The van der Waals surface area contributed by atoms with Crippen LogP contribution in [-0.2, 0) is 0 Å². The first-order valence-corrected chi connectivity index (χ1v) is 5.17. The van der Waals surface area contributed by atoms with Crippen LogP contribution in [0.5, 0.6) is 0 Å². The molecule has 0 saturated carbocycles. The molecule has 0 amide bonds. The van der Waals surface area contributed by atoms with E-state index in [1.165, 1.54) is 6.92 Å². The fourth-order valence-electron chi connectivity index (χ4n) is 2.30. The highest BCUT2D eigenvalue weighted by molar-refractivity contribution is 5.26. The Morgan fingerprint density at radius 1 is 1.31 bits per heavy atom. The lowest BCUT2D eigenvalue weighted by Gasteiger charge is -2.35. The van der Waals surface area contributed by atoms with Crippen LogP contribution in [0.4, 0.5) is 17.6 Å². The Morgan fingerprint density at radius 2 is 2.00 bits per heavy atom. The fourth-order valence-corrected chi connectivity index (χ4v) is 2.30. The summed E-state index contributed by atoms with van der Waals surface area (Å²) in [7, 11) is 0. The zero-order valence-corrected chi connectivity index (χ0v) is 8.87. The van der Waals surface area contributed by atoms with Crippen LogP contribution in [0.1, 0.15) is 19.8 Å². The van der Waals surface area contributed by atoms with E-state index in [9.17, 15) is 17.6 Å². The molecule has 1 nitrogen and oxygen atoms in total. The van der Waals surface area contributed by atoms with E-state index in [0.29, 0.717) is 0 Å². The average Bonchev–Trinajstić information content (AvgIpc) is 2.54. The number of rotatable bonds is 1. The third kappa shape index (κ3) is 1.88. The van der Waals surface area contributed by atoms with Crippen LogP contribution in [0.2, 0.25) is 0 Å². The van der Waals surface area contributed by atoms with Gasteiger partial charge in [0.15, 0.2) is 0 Å². The monoisotopic (exact) mass is 235 g/mol. The Labute approximate surface area is 91.2 Å². The molecule has 0 aromatic heterocycles. The topological polar surface area (TPSA) is 12.0 Å². The summed E-state index contributed by atoms with van der Waals surface area (Å²) in [5.74, 6) is -3.84. The van der Waals surface area contributed by atoms with Crippen LogP contribution in [-0.4, -0.2) is 18.5 Å². The third-order valence-electron chi connectivity index (χ3n) is 3.37. The Hall–Kier alpha value is -0.840. The first kappa shape index (κ1) is 11.6. The summed E-state index contributed by atoms with van der Waals surface area (Å²) >= 11 is 0. The van der Waals surface area contributed by atoms with Crippen molar-refractivity contribution >= 4 is 0 Å². The number of allylic oxidation sites excluding steroid dienone is 3. The zero-order chi connectivity index (χ0) is 12.0. The molecule has 1 heterocycles. The summed E-state index contributed by atoms with van der Waals surface area (Å²) < 4.78 is 52.9. The van der Waals surface area contributed by atoms with E-state index in [0.717, 1.165) is 12.2 Å². The Bertz CT molecular complexity index is 361. The molecule has 1 aliphatic carbocycles. The van der Waals surface area contributed by atoms with E-state index in [4.69, 9.17) is 0 Å². The van der Waals surface area contributed by atoms with Crippen molar-refractivity contribution in [1.82, 2.24) is 5.32 Å². The Balaban J connectivity index is 2.21. The molecule has 0 aromatic rings. The lowest BCUT2D eigenvalue weighted by atomic mass is 9.74. The van der Waals surface area contributed by atoms with Crippen molar-refractivity contribution in [3.8, 4) is 0 Å². The van der Waals surface area contributed by atoms with Gasteiger partial charge in [-0.1, -0.05) is 6.92 Å². The zero-order valence-electron chi connectivity index (χ0n) is 8.87. The second-order valence-corrected chi connectivity index (χ2v) is 4.72. The molecule has 2 rings (SSSR count). The molecule has 2 aliphatic rings. The van der Waals surface area contributed by atoms with Gasteiger partial charge in [-0.05, 0) is 12.2 Å². The highest BCUT2D eigenvalue weighted by Gasteiger charge is 2.50. The Morgan fingerprint density at radius 3 is 2.56 bits per heavy atom. The third-order valence-corrected chi connectivity index (χ3v) is 3.37. The number of nitrogens with one attached hydrogen (secondary N) is 1. The predicted molar refractivity (Wildman–Crippen MR) is 52.5 cm³/mol. The predicted octanol–water partition coefficient (Wildman–Crippen LogP) is 3.10. The van der Waals surface area contributed by atoms with E-state index in [1.54, 1.807) is 0 Å². The molecule has 0 radical (unpaired) electrons. The number of hydrogen-bond acceptors (Lipinski definition) is 1. The van der Waals surface area contributed by atoms with Crippen molar-refractivity contribution < 1.29 is 17.6 Å². The maximum Gasteiger partial charge on any atom is 0.261 e. The lowest BCUT2D eigenvalue weighted by molar-refractivity contribution is 0.0161. The van der Waals surface area contributed by atoms with Crippen LogP contribution in [0.15, 0.2) is 23.8 Å². The van der Waals surface area contributed by atoms with Crippen LogP contribution in [0, 0.1) is 5.41 Å². The summed E-state index contributed by atoms with van der Waals surface area (Å²) in [6.45, 7) is 1.01. The molecule has 0 aromatic carbocycles. The molecule has 16 heavy (non-hydrogen) atoms. The molecule has 1 unspecified atom stereocenters. The van der Waals surface area contributed by atoms with Gasteiger partial charge in [0.2, 0.25) is 0 Å². The van der Waals surface area contributed by atoms with Gasteiger partial charge in [-0.2, -0.15) is 0 Å². The molecule has 0 bridgehead atoms. The van der Waals surface area contributed by atoms with Gasteiger partial charge in [0.05, 0.1) is 6.54 Å². The van der Waals surface area contributed by atoms with Crippen molar-refractivity contribution in [2.45, 2.75) is 31.7 Å². The smallest absolute Gasteiger partial charge is 0.261 e. The molecular formula is C11H13F4N. The second kappa shape index (κ2) is 3.58. The van der Waals surface area contributed by atoms with E-state index >= 15 is 0 Å². The van der Waals surface area contributed by atoms with Crippen LogP contribution >= 0.6 is 0 Å². The van der Waals surface area contributed by atoms with Gasteiger partial charge < -0.3 is 5.32 Å². The standard InChI is InChI=1S/C11H13F4N/c1-10(4-7(12)2-3-8(10)13)9-5-11(14,15)6-16-9/h2-3,9,16H,4-6H2,1H3/t9-,10?/m1/s1. The molecule has 1 saturated heterocycles. The quantitative estimate of drug-likeness (QED) is 0.688. The minimum Gasteiger partial charge on any atom is -0.307 e. The van der Waals surface area contributed by atoms with Crippen LogP contribution < -0.4 is 5.32 Å². The molecule has 1 fully saturated rings. The van der Waals surface area contributed by atoms with Gasteiger partial charge in [-0.15, -0.1) is 0 Å². The van der Waals surface area contributed by atoms with Gasteiger partial charge in [-0.25, -0.2) is 17.6 Å². The summed E-state index contributed by atoms with van der Waals surface area (Å²) in [5.41, 5.74) is -1.20. The summed E-state index contributed by atoms with van der Waals surface area (Å²) in [5, 5.41) is 2.58. The maximum absolute atomic E-state index is 13.7. The SMILES string of the molecule is CC1([C@H]2CC(F)(F)CN2)CC(F)=CC=C1F. The van der Waals surface area contributed by atoms with E-state index in [-0.39, 0.29) is 6.42 Å². The molecule has 0 spiro atoms. The van der Waals surface area contributed by atoms with Gasteiger partial charge in [0, 0.05) is 24.3 Å². The van der Waals surface area contributed by atoms with E-state index in [1.807, 2.05) is 0 Å². The molecule has 5 heteroatoms. The first-order valence-electron chi connectivity index (χ1n) is 5.17. The number of alkyl halides is 2.